The van der Waals surface area contributed by atoms with E-state index >= 15 is 0 Å². The van der Waals surface area contributed by atoms with Gasteiger partial charge < -0.3 is 9.90 Å². The van der Waals surface area contributed by atoms with Gasteiger partial charge in [-0.25, -0.2) is 0 Å². The number of rotatable bonds is 2. The van der Waals surface area contributed by atoms with Gasteiger partial charge in [0.25, 0.3) is 0 Å². The van der Waals surface area contributed by atoms with Crippen molar-refractivity contribution in [2.75, 3.05) is 0 Å². The Hall–Kier alpha value is 0.286. The van der Waals surface area contributed by atoms with Crippen molar-refractivity contribution >= 4 is 23.4 Å². The molecule has 0 atom stereocenters. The summed E-state index contributed by atoms with van der Waals surface area (Å²) < 4.78 is 0. The van der Waals surface area contributed by atoms with Crippen molar-refractivity contribution in [3.05, 3.63) is 34.9 Å². The quantitative estimate of drug-likeness (QED) is 0.310. The fourth-order valence-corrected chi connectivity index (χ4v) is 0.977. The maximum absolute atomic E-state index is 10.8. The summed E-state index contributed by atoms with van der Waals surface area (Å²) in [4.78, 5) is 21.0. The van der Waals surface area contributed by atoms with Crippen molar-refractivity contribution < 1.29 is 66.1 Å². The predicted molar refractivity (Wildman–Crippen MR) is 40.8 cm³/mol. The van der Waals surface area contributed by atoms with Gasteiger partial charge in [0, 0.05) is 5.56 Å². The Morgan fingerprint density at radius 3 is 2.23 bits per heavy atom. The molecule has 0 saturated carbocycles. The summed E-state index contributed by atoms with van der Waals surface area (Å²) in [5.41, 5.74) is -0.0424. The molecule has 62 valence electrons. The number of ketones is 1. The summed E-state index contributed by atoms with van der Waals surface area (Å²) in [6.07, 6.45) is 0. The van der Waals surface area contributed by atoms with Crippen LogP contribution in [0.4, 0.5) is 0 Å². The van der Waals surface area contributed by atoms with Gasteiger partial charge in [0.2, 0.25) is 5.78 Å². The molecule has 0 bridgehead atoms. The monoisotopic (exact) mass is 222 g/mol. The van der Waals surface area contributed by atoms with Crippen LogP contribution in [0.25, 0.3) is 0 Å². The van der Waals surface area contributed by atoms with E-state index in [0.717, 1.165) is 0 Å². The van der Waals surface area contributed by atoms with Crippen LogP contribution in [0.2, 0.25) is 5.02 Å². The molecule has 0 aliphatic carbocycles. The summed E-state index contributed by atoms with van der Waals surface area (Å²) in [6.45, 7) is 0. The number of Topliss-reactive ketones (excluding diaryl/α,β-unsaturated/α-hetero) is 1. The Morgan fingerprint density at radius 2 is 1.77 bits per heavy atom. The van der Waals surface area contributed by atoms with Crippen molar-refractivity contribution in [1.29, 1.82) is 0 Å². The van der Waals surface area contributed by atoms with E-state index in [2.05, 4.69) is 0 Å². The third kappa shape index (κ3) is 3.49. The predicted octanol–water partition coefficient (Wildman–Crippen LogP) is -2.72. The number of carboxylic acids is 1. The van der Waals surface area contributed by atoms with Crippen molar-refractivity contribution in [3.63, 3.8) is 0 Å². The van der Waals surface area contributed by atoms with E-state index in [0.29, 0.717) is 0 Å². The van der Waals surface area contributed by atoms with Gasteiger partial charge >= 0.3 is 51.4 Å². The van der Waals surface area contributed by atoms with E-state index in [1.807, 2.05) is 0 Å². The van der Waals surface area contributed by atoms with Crippen LogP contribution in [0.5, 0.6) is 0 Å². The van der Waals surface area contributed by atoms with Crippen LogP contribution in [0.3, 0.4) is 0 Å². The molecule has 0 saturated heterocycles. The number of hydrogen-bond donors (Lipinski definition) is 0. The first-order valence-electron chi connectivity index (χ1n) is 3.13. The smallest absolute Gasteiger partial charge is 0.541 e. The second-order valence-corrected chi connectivity index (χ2v) is 2.50. The van der Waals surface area contributed by atoms with Crippen molar-refractivity contribution in [1.82, 2.24) is 0 Å². The molecule has 5 heteroatoms. The zero-order chi connectivity index (χ0) is 9.14. The number of carbonyl (C=O) groups is 2. The maximum atomic E-state index is 10.8. The maximum Gasteiger partial charge on any atom is 1.00 e. The molecule has 3 nitrogen and oxygen atoms in total. The molecule has 0 radical (unpaired) electrons. The Labute approximate surface area is 123 Å². The number of hydrogen-bond acceptors (Lipinski definition) is 3. The first kappa shape index (κ1) is 13.3. The van der Waals surface area contributed by atoms with Gasteiger partial charge in [0.15, 0.2) is 0 Å². The van der Waals surface area contributed by atoms with E-state index in [1.165, 1.54) is 18.2 Å². The average molecular weight is 223 g/mol. The molecular formula is C8H4ClKO3. The molecule has 0 spiro atoms. The Balaban J connectivity index is 0.00000144. The molecule has 0 N–H and O–H groups in total. The van der Waals surface area contributed by atoms with E-state index < -0.39 is 11.8 Å². The van der Waals surface area contributed by atoms with Crippen LogP contribution in [0.15, 0.2) is 24.3 Å². The first-order valence-corrected chi connectivity index (χ1v) is 3.51. The standard InChI is InChI=1S/C8H5ClO3.K/c9-6-4-2-1-3-5(6)7(10)8(11)12;/h1-4H,(H,11,12);/q;+1/p-1. The van der Waals surface area contributed by atoms with E-state index in [4.69, 9.17) is 11.6 Å². The fraction of sp³-hybridized carbons (Fsp3) is 0. The Morgan fingerprint density at radius 1 is 1.23 bits per heavy atom. The third-order valence-electron chi connectivity index (χ3n) is 1.30. The number of carboxylic acid groups (broad SMARTS) is 1. The minimum absolute atomic E-state index is 0. The van der Waals surface area contributed by atoms with Crippen LogP contribution < -0.4 is 56.5 Å². The van der Waals surface area contributed by atoms with Gasteiger partial charge in [-0.3, -0.25) is 4.79 Å². The Bertz CT molecular complexity index is 338. The molecule has 1 aromatic rings. The largest absolute Gasteiger partial charge is 1.00 e. The first-order chi connectivity index (χ1) is 5.63. The summed E-state index contributed by atoms with van der Waals surface area (Å²) in [5, 5.41) is 10.2. The molecule has 0 aliphatic rings. The van der Waals surface area contributed by atoms with Crippen LogP contribution in [0.1, 0.15) is 10.4 Å². The van der Waals surface area contributed by atoms with Gasteiger partial charge in [-0.2, -0.15) is 0 Å². The van der Waals surface area contributed by atoms with Crippen LogP contribution in [0, 0.1) is 0 Å². The number of benzene rings is 1. The topological polar surface area (TPSA) is 57.2 Å². The summed E-state index contributed by atoms with van der Waals surface area (Å²) >= 11 is 5.55. The van der Waals surface area contributed by atoms with Gasteiger partial charge in [0.1, 0.15) is 5.97 Å². The fourth-order valence-electron chi connectivity index (χ4n) is 0.755. The van der Waals surface area contributed by atoms with E-state index in [-0.39, 0.29) is 62.0 Å². The third-order valence-corrected chi connectivity index (χ3v) is 1.63. The van der Waals surface area contributed by atoms with E-state index in [1.54, 1.807) is 6.07 Å². The summed E-state index contributed by atoms with van der Waals surface area (Å²) in [7, 11) is 0. The molecule has 0 unspecified atom stereocenters. The summed E-state index contributed by atoms with van der Waals surface area (Å²) in [5.74, 6) is -2.84. The Kier molecular flexibility index (Phi) is 6.03. The van der Waals surface area contributed by atoms with Gasteiger partial charge in [0.05, 0.1) is 5.02 Å². The SMILES string of the molecule is O=C([O-])C(=O)c1ccccc1Cl.[K+]. The zero-order valence-corrected chi connectivity index (χ0v) is 10.8. The second-order valence-electron chi connectivity index (χ2n) is 2.10. The molecule has 0 aliphatic heterocycles. The molecule has 0 fully saturated rings. The molecule has 1 rings (SSSR count). The molecule has 1 aromatic carbocycles. The van der Waals surface area contributed by atoms with E-state index in [9.17, 15) is 14.7 Å². The van der Waals surface area contributed by atoms with Crippen molar-refractivity contribution in [2.24, 2.45) is 0 Å². The van der Waals surface area contributed by atoms with Crippen molar-refractivity contribution in [2.45, 2.75) is 0 Å². The number of aliphatic carboxylic acids is 1. The molecular weight excluding hydrogens is 219 g/mol. The number of carbonyl (C=O) groups excluding carboxylic acids is 2. The average Bonchev–Trinajstić information content (AvgIpc) is 2.04. The van der Waals surface area contributed by atoms with Gasteiger partial charge in [-0.15, -0.1) is 0 Å². The second kappa shape index (κ2) is 5.90. The number of halogens is 1. The zero-order valence-electron chi connectivity index (χ0n) is 6.91. The minimum Gasteiger partial charge on any atom is -0.541 e. The van der Waals surface area contributed by atoms with Crippen LogP contribution >= 0.6 is 11.6 Å². The van der Waals surface area contributed by atoms with Crippen LogP contribution in [-0.2, 0) is 4.79 Å². The van der Waals surface area contributed by atoms with Gasteiger partial charge in [-0.05, 0) is 12.1 Å². The minimum atomic E-state index is -1.75. The normalized spacial score (nSPS) is 8.69. The van der Waals surface area contributed by atoms with Gasteiger partial charge in [-0.1, -0.05) is 23.7 Å². The molecule has 0 heterocycles. The summed E-state index contributed by atoms with van der Waals surface area (Å²) in [6, 6.07) is 5.91. The van der Waals surface area contributed by atoms with Crippen LogP contribution in [-0.4, -0.2) is 11.8 Å². The molecule has 0 amide bonds. The molecule has 13 heavy (non-hydrogen) atoms. The van der Waals surface area contributed by atoms with Crippen molar-refractivity contribution in [3.8, 4) is 0 Å². The molecule has 0 aromatic heterocycles.